The molecular formula is C52H42N4S2. The molecule has 0 N–H and O–H groups in total. The summed E-state index contributed by atoms with van der Waals surface area (Å²) in [5, 5.41) is 2.34. The maximum atomic E-state index is 5.42. The molecule has 0 saturated heterocycles. The molecule has 10 rings (SSSR count). The number of fused-ring (bicyclic) bond motifs is 6. The zero-order chi connectivity index (χ0) is 39.6. The second-order valence-electron chi connectivity index (χ2n) is 16.9. The van der Waals surface area contributed by atoms with Crippen LogP contribution in [0.15, 0.2) is 152 Å². The lowest BCUT2D eigenvalue weighted by Crippen LogP contribution is -2.24. The van der Waals surface area contributed by atoms with E-state index in [0.29, 0.717) is 0 Å². The average molecular weight is 787 g/mol. The van der Waals surface area contributed by atoms with E-state index in [9.17, 15) is 0 Å². The van der Waals surface area contributed by atoms with E-state index in [1.54, 1.807) is 22.7 Å². The monoisotopic (exact) mass is 786 g/mol. The minimum atomic E-state index is -0.359. The molecule has 6 heteroatoms. The van der Waals surface area contributed by atoms with Crippen molar-refractivity contribution < 1.29 is 0 Å². The third-order valence-corrected chi connectivity index (χ3v) is 13.3. The topological polar surface area (TPSA) is 51.6 Å². The van der Waals surface area contributed by atoms with Gasteiger partial charge in [-0.1, -0.05) is 168 Å². The van der Waals surface area contributed by atoms with Crippen LogP contribution in [-0.2, 0) is 17.3 Å². The lowest BCUT2D eigenvalue weighted by atomic mass is 9.84. The fourth-order valence-electron chi connectivity index (χ4n) is 7.93. The van der Waals surface area contributed by atoms with Crippen molar-refractivity contribution in [2.45, 2.75) is 51.9 Å². The normalized spacial score (nSPS) is 12.3. The van der Waals surface area contributed by atoms with Crippen molar-refractivity contribution >= 4 is 63.3 Å². The summed E-state index contributed by atoms with van der Waals surface area (Å²) < 4.78 is 4.68. The first-order chi connectivity index (χ1) is 28.1. The van der Waals surface area contributed by atoms with Crippen LogP contribution in [0.2, 0.25) is 0 Å². The zero-order valence-electron chi connectivity index (χ0n) is 33.2. The summed E-state index contributed by atoms with van der Waals surface area (Å²) in [6.07, 6.45) is 0.780. The largest absolute Gasteiger partial charge is 0.231 e. The summed E-state index contributed by atoms with van der Waals surface area (Å²) in [6.45, 7) is 11.1. The third-order valence-electron chi connectivity index (χ3n) is 11.0. The molecule has 4 heterocycles. The molecule has 0 aliphatic heterocycles. The summed E-state index contributed by atoms with van der Waals surface area (Å²) in [5.41, 5.74) is 11.7. The van der Waals surface area contributed by atoms with Gasteiger partial charge in [0.2, 0.25) is 0 Å². The van der Waals surface area contributed by atoms with E-state index in [0.717, 1.165) is 61.0 Å². The van der Waals surface area contributed by atoms with Crippen molar-refractivity contribution in [3.63, 3.8) is 0 Å². The molecule has 6 aromatic carbocycles. The van der Waals surface area contributed by atoms with Gasteiger partial charge in [0.25, 0.3) is 0 Å². The van der Waals surface area contributed by atoms with Crippen LogP contribution in [0.5, 0.6) is 0 Å². The first-order valence-electron chi connectivity index (χ1n) is 19.8. The van der Waals surface area contributed by atoms with Crippen molar-refractivity contribution in [3.05, 3.63) is 169 Å². The molecule has 0 saturated carbocycles. The second kappa shape index (κ2) is 14.1. The molecular weight excluding hydrogens is 745 g/mol. The Hall–Kier alpha value is -6.08. The molecule has 282 valence electrons. The molecule has 4 nitrogen and oxygen atoms in total. The standard InChI is InChI=1S/C52H42N4S2/c1-51(2,3)49-53-44(38-20-14-19-37(30-38)34-17-10-7-11-18-34)48-46(55-49)40-28-23-32(29-42(40)58-48)31-52(4,5)50-54-43(47-45(56-50)39-21-12-13-22-41(39)57-47)36-26-24-35(25-27-36)33-15-8-6-9-16-33/h6-30H,31H2,1-5H3. The van der Waals surface area contributed by atoms with Crippen LogP contribution in [0.25, 0.3) is 85.4 Å². The summed E-state index contributed by atoms with van der Waals surface area (Å²) in [5.74, 6) is 1.70. The van der Waals surface area contributed by atoms with Gasteiger partial charge in [0.15, 0.2) is 0 Å². The van der Waals surface area contributed by atoms with E-state index >= 15 is 0 Å². The van der Waals surface area contributed by atoms with Crippen LogP contribution in [0.3, 0.4) is 0 Å². The highest BCUT2D eigenvalue weighted by atomic mass is 32.1. The van der Waals surface area contributed by atoms with Crippen LogP contribution in [0.1, 0.15) is 51.8 Å². The quantitative estimate of drug-likeness (QED) is 0.161. The van der Waals surface area contributed by atoms with Crippen LogP contribution >= 0.6 is 22.7 Å². The fourth-order valence-corrected chi connectivity index (χ4v) is 10.3. The predicted octanol–water partition coefficient (Wildman–Crippen LogP) is 14.5. The van der Waals surface area contributed by atoms with Crippen LogP contribution in [0, 0.1) is 0 Å². The first-order valence-corrected chi connectivity index (χ1v) is 21.5. The van der Waals surface area contributed by atoms with Gasteiger partial charge in [0, 0.05) is 42.1 Å². The first kappa shape index (κ1) is 36.3. The number of hydrogen-bond donors (Lipinski definition) is 0. The van der Waals surface area contributed by atoms with Gasteiger partial charge in [0.05, 0.1) is 31.8 Å². The zero-order valence-corrected chi connectivity index (χ0v) is 34.9. The Morgan fingerprint density at radius 1 is 0.414 bits per heavy atom. The minimum absolute atomic E-state index is 0.212. The number of rotatable bonds is 7. The Bertz CT molecular complexity index is 3140. The number of aromatic nitrogens is 4. The van der Waals surface area contributed by atoms with Crippen LogP contribution < -0.4 is 0 Å². The maximum absolute atomic E-state index is 5.42. The van der Waals surface area contributed by atoms with Crippen molar-refractivity contribution in [3.8, 4) is 44.8 Å². The second-order valence-corrected chi connectivity index (χ2v) is 19.0. The Morgan fingerprint density at radius 3 is 1.64 bits per heavy atom. The summed E-state index contributed by atoms with van der Waals surface area (Å²) in [4.78, 5) is 21.3. The van der Waals surface area contributed by atoms with Crippen molar-refractivity contribution in [1.29, 1.82) is 0 Å². The van der Waals surface area contributed by atoms with Crippen molar-refractivity contribution in [2.75, 3.05) is 0 Å². The van der Waals surface area contributed by atoms with E-state index in [-0.39, 0.29) is 10.8 Å². The number of thiophene rings is 2. The minimum Gasteiger partial charge on any atom is -0.231 e. The van der Waals surface area contributed by atoms with Crippen molar-refractivity contribution in [1.82, 2.24) is 19.9 Å². The summed E-state index contributed by atoms with van der Waals surface area (Å²) >= 11 is 3.57. The molecule has 0 spiro atoms. The van der Waals surface area contributed by atoms with Gasteiger partial charge in [-0.25, -0.2) is 19.9 Å². The molecule has 58 heavy (non-hydrogen) atoms. The Balaban J connectivity index is 1.06. The lowest BCUT2D eigenvalue weighted by Gasteiger charge is -2.24. The van der Waals surface area contributed by atoms with Crippen LogP contribution in [0.4, 0.5) is 0 Å². The predicted molar refractivity (Wildman–Crippen MR) is 247 cm³/mol. The number of nitrogens with zero attached hydrogens (tertiary/aromatic N) is 4. The Morgan fingerprint density at radius 2 is 0.931 bits per heavy atom. The van der Waals surface area contributed by atoms with E-state index in [1.165, 1.54) is 48.0 Å². The smallest absolute Gasteiger partial charge is 0.135 e. The molecule has 0 aliphatic carbocycles. The molecule has 0 fully saturated rings. The van der Waals surface area contributed by atoms with Gasteiger partial charge in [-0.2, -0.15) is 0 Å². The summed E-state index contributed by atoms with van der Waals surface area (Å²) in [6, 6.07) is 54.2. The van der Waals surface area contributed by atoms with Gasteiger partial charge in [-0.3, -0.25) is 0 Å². The molecule has 0 atom stereocenters. The highest BCUT2D eigenvalue weighted by Crippen LogP contribution is 2.43. The van der Waals surface area contributed by atoms with Gasteiger partial charge in [-0.05, 0) is 52.4 Å². The molecule has 0 aliphatic rings. The highest BCUT2D eigenvalue weighted by Gasteiger charge is 2.29. The molecule has 4 aromatic heterocycles. The molecule has 0 radical (unpaired) electrons. The molecule has 0 amide bonds. The number of benzene rings is 6. The SMILES string of the molecule is CC(C)(C)c1nc(-c2cccc(-c3ccccc3)c2)c2sc3cc(CC(C)(C)c4nc(-c5ccc(-c6ccccc6)cc5)c5sc6ccccc6c5n4)ccc3c2n1. The highest BCUT2D eigenvalue weighted by molar-refractivity contribution is 7.26. The molecule has 0 bridgehead atoms. The fraction of sp³-hybridized carbons (Fsp3) is 0.154. The summed E-state index contributed by atoms with van der Waals surface area (Å²) in [7, 11) is 0. The van der Waals surface area contributed by atoms with E-state index < -0.39 is 0 Å². The van der Waals surface area contributed by atoms with E-state index in [2.05, 4.69) is 186 Å². The number of hydrogen-bond acceptors (Lipinski definition) is 6. The van der Waals surface area contributed by atoms with Crippen molar-refractivity contribution in [2.24, 2.45) is 0 Å². The van der Waals surface area contributed by atoms with Gasteiger partial charge < -0.3 is 0 Å². The lowest BCUT2D eigenvalue weighted by molar-refractivity contribution is 0.490. The van der Waals surface area contributed by atoms with Gasteiger partial charge in [0.1, 0.15) is 11.6 Å². The average Bonchev–Trinajstić information content (AvgIpc) is 3.81. The molecule has 10 aromatic rings. The van der Waals surface area contributed by atoms with Gasteiger partial charge in [-0.15, -0.1) is 22.7 Å². The van der Waals surface area contributed by atoms with E-state index in [4.69, 9.17) is 19.9 Å². The maximum Gasteiger partial charge on any atom is 0.135 e. The Kier molecular flexibility index (Phi) is 8.81. The van der Waals surface area contributed by atoms with Crippen LogP contribution in [-0.4, -0.2) is 19.9 Å². The molecule has 0 unspecified atom stereocenters. The van der Waals surface area contributed by atoms with E-state index in [1.807, 2.05) is 0 Å². The Labute approximate surface area is 347 Å². The van der Waals surface area contributed by atoms with Gasteiger partial charge >= 0.3 is 0 Å². The third kappa shape index (κ3) is 6.56.